The van der Waals surface area contributed by atoms with Gasteiger partial charge in [-0.1, -0.05) is 29.3 Å². The van der Waals surface area contributed by atoms with Gasteiger partial charge in [0.25, 0.3) is 11.8 Å². The van der Waals surface area contributed by atoms with Crippen LogP contribution in [0.4, 0.5) is 0 Å². The first-order chi connectivity index (χ1) is 12.9. The van der Waals surface area contributed by atoms with Crippen molar-refractivity contribution in [1.82, 2.24) is 5.06 Å². The van der Waals surface area contributed by atoms with E-state index in [0.29, 0.717) is 5.06 Å². The van der Waals surface area contributed by atoms with E-state index < -0.39 is 45.9 Å². The Bertz CT molecular complexity index is 1040. The summed E-state index contributed by atoms with van der Waals surface area (Å²) in [7, 11) is -3.61. The monoisotopic (exact) mass is 387 g/mol. The van der Waals surface area contributed by atoms with Gasteiger partial charge in [0.05, 0.1) is 23.3 Å². The smallest absolute Gasteiger partial charge is 0.336 e. The highest BCUT2D eigenvalue weighted by molar-refractivity contribution is 7.91. The number of carbonyl (C=O) groups is 3. The quantitative estimate of drug-likeness (QED) is 0.732. The second-order valence-electron chi connectivity index (χ2n) is 6.09. The van der Waals surface area contributed by atoms with Gasteiger partial charge < -0.3 is 9.57 Å². The molecule has 8 nitrogen and oxygen atoms in total. The summed E-state index contributed by atoms with van der Waals surface area (Å²) >= 11 is 0. The third-order valence-corrected chi connectivity index (χ3v) is 6.05. The number of amides is 2. The molecule has 2 amide bonds. The molecule has 0 spiro atoms. The average Bonchev–Trinajstić information content (AvgIpc) is 2.86. The fourth-order valence-corrected chi connectivity index (χ4v) is 4.59. The van der Waals surface area contributed by atoms with E-state index in [0.717, 1.165) is 0 Å². The van der Waals surface area contributed by atoms with Crippen molar-refractivity contribution in [2.75, 3.05) is 5.75 Å². The lowest BCUT2D eigenvalue weighted by Gasteiger charge is -2.25. The molecular weight excluding hydrogens is 374 g/mol. The number of hydrogen-bond acceptors (Lipinski definition) is 7. The zero-order valence-electron chi connectivity index (χ0n) is 13.8. The number of hydroxylamine groups is 2. The molecule has 1 atom stereocenters. The molecule has 0 N–H and O–H groups in total. The molecule has 4 rings (SSSR count). The normalized spacial score (nSPS) is 19.9. The number of hydrogen-bond donors (Lipinski definition) is 0. The van der Waals surface area contributed by atoms with Crippen LogP contribution in [0, 0.1) is 0 Å². The molecule has 0 saturated carbocycles. The van der Waals surface area contributed by atoms with E-state index in [-0.39, 0.29) is 21.8 Å². The third kappa shape index (κ3) is 2.95. The summed E-state index contributed by atoms with van der Waals surface area (Å²) in [6.45, 7) is 0. The lowest BCUT2D eigenvalue weighted by Crippen LogP contribution is -2.38. The fourth-order valence-electron chi connectivity index (χ4n) is 3.03. The van der Waals surface area contributed by atoms with Gasteiger partial charge in [0.1, 0.15) is 16.7 Å². The molecule has 0 saturated heterocycles. The van der Waals surface area contributed by atoms with Crippen LogP contribution in [0.5, 0.6) is 5.75 Å². The highest BCUT2D eigenvalue weighted by Gasteiger charge is 2.40. The van der Waals surface area contributed by atoms with E-state index >= 15 is 0 Å². The number of fused-ring (bicyclic) bond motifs is 2. The predicted octanol–water partition coefficient (Wildman–Crippen LogP) is 1.37. The van der Waals surface area contributed by atoms with Gasteiger partial charge in [-0.25, -0.2) is 13.2 Å². The fraction of sp³-hybridized carbons (Fsp3) is 0.167. The Kier molecular flexibility index (Phi) is 3.96. The van der Waals surface area contributed by atoms with Crippen LogP contribution in [0.2, 0.25) is 0 Å². The van der Waals surface area contributed by atoms with Gasteiger partial charge >= 0.3 is 5.97 Å². The molecule has 2 aromatic rings. The lowest BCUT2D eigenvalue weighted by atomic mass is 10.1. The minimum absolute atomic E-state index is 0.0648. The minimum Gasteiger partial charge on any atom is -0.487 e. The van der Waals surface area contributed by atoms with Crippen LogP contribution in [0.15, 0.2) is 53.4 Å². The number of rotatable bonds is 3. The Morgan fingerprint density at radius 1 is 1.04 bits per heavy atom. The van der Waals surface area contributed by atoms with E-state index in [1.165, 1.54) is 24.3 Å². The highest BCUT2D eigenvalue weighted by Crippen LogP contribution is 2.31. The van der Waals surface area contributed by atoms with Gasteiger partial charge in [-0.2, -0.15) is 0 Å². The van der Waals surface area contributed by atoms with E-state index in [1.807, 2.05) is 0 Å². The molecule has 9 heteroatoms. The molecule has 2 aliphatic heterocycles. The van der Waals surface area contributed by atoms with Crippen LogP contribution in [-0.4, -0.2) is 43.1 Å². The van der Waals surface area contributed by atoms with Gasteiger partial charge in [0.2, 0.25) is 0 Å². The molecule has 27 heavy (non-hydrogen) atoms. The number of carbonyl (C=O) groups excluding carboxylic acids is 3. The van der Waals surface area contributed by atoms with Crippen LogP contribution >= 0.6 is 0 Å². The maximum Gasteiger partial charge on any atom is 0.336 e. The second kappa shape index (κ2) is 6.20. The number of imide groups is 1. The van der Waals surface area contributed by atoms with E-state index in [1.54, 1.807) is 24.3 Å². The summed E-state index contributed by atoms with van der Waals surface area (Å²) in [6.07, 6.45) is -1.41. The van der Waals surface area contributed by atoms with Crippen molar-refractivity contribution < 1.29 is 32.4 Å². The molecule has 0 bridgehead atoms. The number of para-hydroxylation sites is 1. The summed E-state index contributed by atoms with van der Waals surface area (Å²) < 4.78 is 30.2. The standard InChI is InChI=1S/C18H13NO7S/c20-16(26-19-17(21)12-5-1-2-6-13(12)18(19)22)9-11-10-27(23,24)15-8-4-3-7-14(15)25-11/h1-8,11H,9-10H2. The molecule has 0 fully saturated rings. The SMILES string of the molecule is O=C(CC1CS(=O)(=O)c2ccccc2O1)ON1C(=O)c2ccccc2C1=O. The topological polar surface area (TPSA) is 107 Å². The van der Waals surface area contributed by atoms with Gasteiger partial charge in [-0.05, 0) is 24.3 Å². The zero-order chi connectivity index (χ0) is 19.2. The maximum atomic E-state index is 12.3. The second-order valence-corrected chi connectivity index (χ2v) is 8.09. The van der Waals surface area contributed by atoms with Crippen molar-refractivity contribution in [3.63, 3.8) is 0 Å². The summed E-state index contributed by atoms with van der Waals surface area (Å²) in [5, 5.41) is 0.387. The van der Waals surface area contributed by atoms with Crippen molar-refractivity contribution in [1.29, 1.82) is 0 Å². The zero-order valence-corrected chi connectivity index (χ0v) is 14.6. The third-order valence-electron chi connectivity index (χ3n) is 4.23. The van der Waals surface area contributed by atoms with Crippen molar-refractivity contribution >= 4 is 27.6 Å². The van der Waals surface area contributed by atoms with Crippen LogP contribution < -0.4 is 4.74 Å². The first-order valence-electron chi connectivity index (χ1n) is 8.04. The summed E-state index contributed by atoms with van der Waals surface area (Å²) in [5.74, 6) is -2.68. The van der Waals surface area contributed by atoms with Crippen LogP contribution in [0.25, 0.3) is 0 Å². The van der Waals surface area contributed by atoms with E-state index in [4.69, 9.17) is 9.57 Å². The summed E-state index contributed by atoms with van der Waals surface area (Å²) in [6, 6.07) is 12.2. The number of benzene rings is 2. The molecular formula is C18H13NO7S. The van der Waals surface area contributed by atoms with Gasteiger partial charge in [0.15, 0.2) is 9.84 Å². The van der Waals surface area contributed by atoms with Gasteiger partial charge in [-0.15, -0.1) is 0 Å². The van der Waals surface area contributed by atoms with Crippen molar-refractivity contribution in [2.45, 2.75) is 17.4 Å². The van der Waals surface area contributed by atoms with E-state index in [9.17, 15) is 22.8 Å². The molecule has 0 aliphatic carbocycles. The Balaban J connectivity index is 1.47. The summed E-state index contributed by atoms with van der Waals surface area (Å²) in [4.78, 5) is 41.6. The minimum atomic E-state index is -3.61. The number of nitrogens with zero attached hydrogens (tertiary/aromatic N) is 1. The molecule has 2 aromatic carbocycles. The lowest BCUT2D eigenvalue weighted by molar-refractivity contribution is -0.170. The Labute approximate surface area is 154 Å². The van der Waals surface area contributed by atoms with Crippen molar-refractivity contribution in [3.05, 3.63) is 59.7 Å². The van der Waals surface area contributed by atoms with Gasteiger partial charge in [0, 0.05) is 0 Å². The van der Waals surface area contributed by atoms with Gasteiger partial charge in [-0.3, -0.25) is 9.59 Å². The molecule has 2 heterocycles. The Morgan fingerprint density at radius 2 is 1.63 bits per heavy atom. The van der Waals surface area contributed by atoms with Crippen LogP contribution in [-0.2, 0) is 19.5 Å². The molecule has 138 valence electrons. The molecule has 0 aromatic heterocycles. The van der Waals surface area contributed by atoms with E-state index in [2.05, 4.69) is 0 Å². The molecule has 2 aliphatic rings. The Hall–Kier alpha value is -3.20. The Morgan fingerprint density at radius 3 is 2.30 bits per heavy atom. The van der Waals surface area contributed by atoms with Crippen molar-refractivity contribution in [3.8, 4) is 5.75 Å². The highest BCUT2D eigenvalue weighted by atomic mass is 32.2. The van der Waals surface area contributed by atoms with Crippen LogP contribution in [0.1, 0.15) is 27.1 Å². The largest absolute Gasteiger partial charge is 0.487 e. The van der Waals surface area contributed by atoms with Crippen molar-refractivity contribution in [2.24, 2.45) is 0 Å². The number of ether oxygens (including phenoxy) is 1. The first-order valence-corrected chi connectivity index (χ1v) is 9.69. The van der Waals surface area contributed by atoms with Crippen LogP contribution in [0.3, 0.4) is 0 Å². The summed E-state index contributed by atoms with van der Waals surface area (Å²) in [5.41, 5.74) is 0.279. The first kappa shape index (κ1) is 17.2. The maximum absolute atomic E-state index is 12.3. The molecule has 1 unspecified atom stereocenters. The molecule has 0 radical (unpaired) electrons. The average molecular weight is 387 g/mol. The number of sulfone groups is 1. The predicted molar refractivity (Wildman–Crippen MR) is 90.6 cm³/mol.